The molecule has 1 aliphatic carbocycles. The summed E-state index contributed by atoms with van der Waals surface area (Å²) >= 11 is 5.89. The van der Waals surface area contributed by atoms with Crippen LogP contribution in [0.15, 0.2) is 24.3 Å². The number of likely N-dealkylation sites (tertiary alicyclic amines) is 1. The minimum Gasteiger partial charge on any atom is -0.390 e. The Morgan fingerprint density at radius 2 is 2.00 bits per heavy atom. The number of aliphatic hydroxyl groups excluding tert-OH is 1. The lowest BCUT2D eigenvalue weighted by Gasteiger charge is -2.45. The highest BCUT2D eigenvalue weighted by Crippen LogP contribution is 2.33. The number of aliphatic hydroxyl groups is 1. The van der Waals surface area contributed by atoms with E-state index in [9.17, 15) is 9.90 Å². The Morgan fingerprint density at radius 1 is 1.36 bits per heavy atom. The second kappa shape index (κ2) is 6.57. The first kappa shape index (κ1) is 15.8. The van der Waals surface area contributed by atoms with E-state index < -0.39 is 0 Å². The first-order chi connectivity index (χ1) is 10.5. The highest BCUT2D eigenvalue weighted by molar-refractivity contribution is 6.30. The third-order valence-corrected chi connectivity index (χ3v) is 5.24. The van der Waals surface area contributed by atoms with E-state index in [0.29, 0.717) is 16.5 Å². The van der Waals surface area contributed by atoms with Crippen LogP contribution >= 0.6 is 11.6 Å². The van der Waals surface area contributed by atoms with Crippen molar-refractivity contribution in [3.8, 4) is 0 Å². The van der Waals surface area contributed by atoms with E-state index in [1.807, 2.05) is 11.9 Å². The maximum atomic E-state index is 12.7. The minimum absolute atomic E-state index is 0.0506. The minimum atomic E-state index is -0.195. The molecule has 1 saturated heterocycles. The van der Waals surface area contributed by atoms with Gasteiger partial charge in [-0.1, -0.05) is 18.0 Å². The summed E-state index contributed by atoms with van der Waals surface area (Å²) in [6, 6.07) is 7.31. The SMILES string of the molecule is CN(C(=O)c1ccc(Cl)cc1)[C@@H](CN1CC(O)C1)C1CCC1. The average molecular weight is 323 g/mol. The van der Waals surface area contributed by atoms with Crippen LogP contribution in [0, 0.1) is 5.92 Å². The Hall–Kier alpha value is -1.10. The van der Waals surface area contributed by atoms with Gasteiger partial charge < -0.3 is 10.0 Å². The number of carbonyl (C=O) groups excluding carboxylic acids is 1. The first-order valence-corrected chi connectivity index (χ1v) is 8.35. The van der Waals surface area contributed by atoms with Gasteiger partial charge in [-0.3, -0.25) is 9.69 Å². The molecule has 1 amide bonds. The summed E-state index contributed by atoms with van der Waals surface area (Å²) in [5.74, 6) is 0.633. The molecule has 5 heteroatoms. The molecule has 3 rings (SSSR count). The third kappa shape index (κ3) is 3.29. The lowest BCUT2D eigenvalue weighted by molar-refractivity contribution is -0.0223. The summed E-state index contributed by atoms with van der Waals surface area (Å²) in [6.07, 6.45) is 3.45. The van der Waals surface area contributed by atoms with Crippen LogP contribution in [-0.4, -0.2) is 59.6 Å². The van der Waals surface area contributed by atoms with Crippen molar-refractivity contribution in [1.29, 1.82) is 0 Å². The van der Waals surface area contributed by atoms with Crippen LogP contribution < -0.4 is 0 Å². The van der Waals surface area contributed by atoms with Crippen molar-refractivity contribution < 1.29 is 9.90 Å². The number of nitrogens with zero attached hydrogens (tertiary/aromatic N) is 2. The predicted octanol–water partition coefficient (Wildman–Crippen LogP) is 2.26. The summed E-state index contributed by atoms with van der Waals surface area (Å²) in [6.45, 7) is 2.32. The van der Waals surface area contributed by atoms with Crippen molar-refractivity contribution >= 4 is 17.5 Å². The van der Waals surface area contributed by atoms with Gasteiger partial charge in [0.15, 0.2) is 0 Å². The monoisotopic (exact) mass is 322 g/mol. The summed E-state index contributed by atoms with van der Waals surface area (Å²) in [5.41, 5.74) is 0.680. The Kier molecular flexibility index (Phi) is 4.71. The number of benzene rings is 1. The Bertz CT molecular complexity index is 524. The van der Waals surface area contributed by atoms with Crippen LogP contribution in [0.1, 0.15) is 29.6 Å². The fraction of sp³-hybridized carbons (Fsp3) is 0.588. The molecule has 1 aromatic carbocycles. The maximum absolute atomic E-state index is 12.7. The predicted molar refractivity (Wildman–Crippen MR) is 87.1 cm³/mol. The van der Waals surface area contributed by atoms with Gasteiger partial charge >= 0.3 is 0 Å². The van der Waals surface area contributed by atoms with Crippen molar-refractivity contribution in [2.45, 2.75) is 31.4 Å². The number of hydrogen-bond donors (Lipinski definition) is 1. The largest absolute Gasteiger partial charge is 0.390 e. The van der Waals surface area contributed by atoms with E-state index >= 15 is 0 Å². The van der Waals surface area contributed by atoms with Crippen molar-refractivity contribution in [1.82, 2.24) is 9.80 Å². The summed E-state index contributed by atoms with van der Waals surface area (Å²) < 4.78 is 0. The van der Waals surface area contributed by atoms with Crippen LogP contribution in [0.25, 0.3) is 0 Å². The molecule has 0 bridgehead atoms. The molecular formula is C17H23ClN2O2. The molecule has 2 fully saturated rings. The van der Waals surface area contributed by atoms with Crippen LogP contribution in [0.2, 0.25) is 5.02 Å². The van der Waals surface area contributed by atoms with Crippen molar-refractivity contribution in [2.24, 2.45) is 5.92 Å². The van der Waals surface area contributed by atoms with Gasteiger partial charge in [0.05, 0.1) is 6.10 Å². The average Bonchev–Trinajstić information content (AvgIpc) is 2.42. The van der Waals surface area contributed by atoms with E-state index in [-0.39, 0.29) is 18.1 Å². The van der Waals surface area contributed by atoms with Gasteiger partial charge in [0.25, 0.3) is 5.91 Å². The van der Waals surface area contributed by atoms with Gasteiger partial charge in [0, 0.05) is 43.3 Å². The number of likely N-dealkylation sites (N-methyl/N-ethyl adjacent to an activating group) is 1. The Labute approximate surface area is 136 Å². The highest BCUT2D eigenvalue weighted by Gasteiger charge is 2.36. The quantitative estimate of drug-likeness (QED) is 0.904. The standard InChI is InChI=1S/C17H23ClN2O2/c1-19(17(22)13-5-7-14(18)8-6-13)16(12-3-2-4-12)11-20-9-15(21)10-20/h5-8,12,15-16,21H,2-4,9-11H2,1H3/t16-/m0/s1. The van der Waals surface area contributed by atoms with Crippen LogP contribution in [0.5, 0.6) is 0 Å². The molecule has 1 heterocycles. The fourth-order valence-corrected chi connectivity index (χ4v) is 3.44. The highest BCUT2D eigenvalue weighted by atomic mass is 35.5. The number of carbonyl (C=O) groups is 1. The van der Waals surface area contributed by atoms with Crippen LogP contribution in [0.3, 0.4) is 0 Å². The van der Waals surface area contributed by atoms with Gasteiger partial charge in [-0.05, 0) is 43.0 Å². The van der Waals surface area contributed by atoms with E-state index in [1.165, 1.54) is 19.3 Å². The zero-order chi connectivity index (χ0) is 15.7. The first-order valence-electron chi connectivity index (χ1n) is 7.97. The molecule has 2 aliphatic rings. The molecule has 0 radical (unpaired) electrons. The molecule has 0 unspecified atom stereocenters. The zero-order valence-electron chi connectivity index (χ0n) is 12.9. The van der Waals surface area contributed by atoms with Crippen LogP contribution in [-0.2, 0) is 0 Å². The van der Waals surface area contributed by atoms with E-state index in [1.54, 1.807) is 24.3 Å². The second-order valence-electron chi connectivity index (χ2n) is 6.55. The lowest BCUT2D eigenvalue weighted by Crippen LogP contribution is -2.58. The normalized spacial score (nSPS) is 21.0. The topological polar surface area (TPSA) is 43.8 Å². The number of rotatable bonds is 5. The maximum Gasteiger partial charge on any atom is 0.253 e. The zero-order valence-corrected chi connectivity index (χ0v) is 13.7. The lowest BCUT2D eigenvalue weighted by atomic mass is 9.78. The molecule has 0 spiro atoms. The van der Waals surface area contributed by atoms with Gasteiger partial charge in [-0.25, -0.2) is 0 Å². The van der Waals surface area contributed by atoms with Gasteiger partial charge in [0.1, 0.15) is 0 Å². The molecule has 1 aliphatic heterocycles. The second-order valence-corrected chi connectivity index (χ2v) is 6.99. The van der Waals surface area contributed by atoms with Gasteiger partial charge in [-0.15, -0.1) is 0 Å². The van der Waals surface area contributed by atoms with Gasteiger partial charge in [-0.2, -0.15) is 0 Å². The van der Waals surface area contributed by atoms with Crippen molar-refractivity contribution in [2.75, 3.05) is 26.7 Å². The van der Waals surface area contributed by atoms with Crippen molar-refractivity contribution in [3.63, 3.8) is 0 Å². The Balaban J connectivity index is 1.68. The number of hydrogen-bond acceptors (Lipinski definition) is 3. The Morgan fingerprint density at radius 3 is 2.50 bits per heavy atom. The molecule has 1 N–H and O–H groups in total. The third-order valence-electron chi connectivity index (χ3n) is 4.99. The summed E-state index contributed by atoms with van der Waals surface area (Å²) in [4.78, 5) is 16.8. The molecule has 120 valence electrons. The van der Waals surface area contributed by atoms with Gasteiger partial charge in [0.2, 0.25) is 0 Å². The van der Waals surface area contributed by atoms with Crippen molar-refractivity contribution in [3.05, 3.63) is 34.9 Å². The van der Waals surface area contributed by atoms with E-state index in [2.05, 4.69) is 4.90 Å². The molecule has 0 aromatic heterocycles. The summed E-state index contributed by atoms with van der Waals surface area (Å²) in [5, 5.41) is 10.1. The van der Waals surface area contributed by atoms with Crippen LogP contribution in [0.4, 0.5) is 0 Å². The summed E-state index contributed by atoms with van der Waals surface area (Å²) in [7, 11) is 1.90. The molecule has 4 nitrogen and oxygen atoms in total. The molecule has 1 saturated carbocycles. The molecule has 1 aromatic rings. The smallest absolute Gasteiger partial charge is 0.253 e. The molecular weight excluding hydrogens is 300 g/mol. The number of halogens is 1. The number of β-amino-alcohol motifs (C(OH)–C–C–N with tert-alkyl or cyclic N) is 1. The molecule has 1 atom stereocenters. The fourth-order valence-electron chi connectivity index (χ4n) is 3.32. The van der Waals surface area contributed by atoms with E-state index in [0.717, 1.165) is 19.6 Å². The number of amides is 1. The molecule has 22 heavy (non-hydrogen) atoms. The van der Waals surface area contributed by atoms with E-state index in [4.69, 9.17) is 11.6 Å².